The summed E-state index contributed by atoms with van der Waals surface area (Å²) in [5, 5.41) is 2.79. The van der Waals surface area contributed by atoms with Gasteiger partial charge in [-0.25, -0.2) is 9.18 Å². The number of rotatable bonds is 9. The van der Waals surface area contributed by atoms with Gasteiger partial charge in [0.15, 0.2) is 11.6 Å². The Balaban J connectivity index is 2.06. The lowest BCUT2D eigenvalue weighted by atomic mass is 9.88. The third kappa shape index (κ3) is 4.43. The van der Waals surface area contributed by atoms with E-state index in [1.54, 1.807) is 13.1 Å². The van der Waals surface area contributed by atoms with Crippen LogP contribution in [0.5, 0.6) is 5.75 Å². The van der Waals surface area contributed by atoms with E-state index in [9.17, 15) is 18.8 Å². The van der Waals surface area contributed by atoms with Gasteiger partial charge in [0, 0.05) is 13.6 Å². The Kier molecular flexibility index (Phi) is 6.99. The van der Waals surface area contributed by atoms with Crippen molar-refractivity contribution in [3.63, 3.8) is 0 Å². The molecule has 1 heterocycles. The van der Waals surface area contributed by atoms with Crippen molar-refractivity contribution in [1.82, 2.24) is 15.1 Å². The van der Waals surface area contributed by atoms with Gasteiger partial charge < -0.3 is 15.0 Å². The molecule has 1 aliphatic rings. The van der Waals surface area contributed by atoms with Crippen molar-refractivity contribution in [2.75, 3.05) is 20.7 Å². The molecule has 0 spiro atoms. The van der Waals surface area contributed by atoms with Crippen molar-refractivity contribution < 1.29 is 23.5 Å². The monoisotopic (exact) mass is 393 g/mol. The maximum atomic E-state index is 13.8. The van der Waals surface area contributed by atoms with Crippen LogP contribution >= 0.6 is 0 Å². The number of halogens is 1. The fraction of sp³-hybridized carbons (Fsp3) is 0.550. The zero-order valence-corrected chi connectivity index (χ0v) is 16.9. The molecule has 0 bridgehead atoms. The van der Waals surface area contributed by atoms with Crippen molar-refractivity contribution >= 4 is 17.8 Å². The second-order valence-corrected chi connectivity index (χ2v) is 7.12. The average Bonchev–Trinajstić information content (AvgIpc) is 2.86. The molecule has 0 saturated carbocycles. The largest absolute Gasteiger partial charge is 0.494 e. The number of imide groups is 1. The van der Waals surface area contributed by atoms with Gasteiger partial charge in [-0.1, -0.05) is 32.8 Å². The number of benzene rings is 1. The quantitative estimate of drug-likeness (QED) is 0.654. The van der Waals surface area contributed by atoms with Crippen LogP contribution in [0, 0.1) is 5.82 Å². The first-order valence-electron chi connectivity index (χ1n) is 9.48. The summed E-state index contributed by atoms with van der Waals surface area (Å²) in [5.74, 6) is -1.14. The molecule has 1 fully saturated rings. The van der Waals surface area contributed by atoms with Crippen LogP contribution in [0.4, 0.5) is 9.18 Å². The molecule has 4 amide bonds. The molecule has 1 aliphatic heterocycles. The van der Waals surface area contributed by atoms with E-state index in [1.165, 1.54) is 24.1 Å². The molecule has 154 valence electrons. The van der Waals surface area contributed by atoms with E-state index in [1.807, 2.05) is 13.8 Å². The fourth-order valence-electron chi connectivity index (χ4n) is 3.56. The molecule has 1 N–H and O–H groups in total. The molecule has 1 aromatic rings. The standard InChI is InChI=1S/C20H28FN3O4/c1-5-9-20(10-6-2)18(26)24(19(27)22-20)13-17(25)23(3)12-14-7-8-16(28-4)15(21)11-14/h7-8,11H,5-6,9-10,12-13H2,1-4H3,(H,22,27). The summed E-state index contributed by atoms with van der Waals surface area (Å²) >= 11 is 0. The van der Waals surface area contributed by atoms with Gasteiger partial charge in [0.1, 0.15) is 12.1 Å². The predicted octanol–water partition coefficient (Wildman–Crippen LogP) is 2.68. The van der Waals surface area contributed by atoms with Gasteiger partial charge in [0.2, 0.25) is 5.91 Å². The second-order valence-electron chi connectivity index (χ2n) is 7.12. The van der Waals surface area contributed by atoms with Crippen molar-refractivity contribution in [3.05, 3.63) is 29.6 Å². The number of carbonyl (C=O) groups excluding carboxylic acids is 3. The normalized spacial score (nSPS) is 15.5. The van der Waals surface area contributed by atoms with Crippen molar-refractivity contribution in [2.45, 2.75) is 51.6 Å². The highest BCUT2D eigenvalue weighted by molar-refractivity contribution is 6.09. The first-order valence-corrected chi connectivity index (χ1v) is 9.48. The van der Waals surface area contributed by atoms with E-state index in [2.05, 4.69) is 5.32 Å². The fourth-order valence-corrected chi connectivity index (χ4v) is 3.56. The zero-order chi connectivity index (χ0) is 20.9. The third-order valence-corrected chi connectivity index (χ3v) is 4.95. The molecule has 0 atom stereocenters. The minimum Gasteiger partial charge on any atom is -0.494 e. The number of nitrogens with one attached hydrogen (secondary N) is 1. The van der Waals surface area contributed by atoms with Gasteiger partial charge in [-0.15, -0.1) is 0 Å². The number of hydrogen-bond donors (Lipinski definition) is 1. The van der Waals surface area contributed by atoms with Crippen molar-refractivity contribution in [2.24, 2.45) is 0 Å². The van der Waals surface area contributed by atoms with Crippen LogP contribution in [-0.2, 0) is 16.1 Å². The SMILES string of the molecule is CCCC1(CCC)NC(=O)N(CC(=O)N(C)Cc2ccc(OC)c(F)c2)C1=O. The third-order valence-electron chi connectivity index (χ3n) is 4.95. The summed E-state index contributed by atoms with van der Waals surface area (Å²) in [6, 6.07) is 3.91. The number of ether oxygens (including phenoxy) is 1. The summed E-state index contributed by atoms with van der Waals surface area (Å²) in [6.07, 6.45) is 2.57. The summed E-state index contributed by atoms with van der Waals surface area (Å²) < 4.78 is 18.7. The van der Waals surface area contributed by atoms with E-state index >= 15 is 0 Å². The van der Waals surface area contributed by atoms with E-state index in [0.717, 1.165) is 17.7 Å². The second kappa shape index (κ2) is 9.03. The van der Waals surface area contributed by atoms with Gasteiger partial charge in [0.25, 0.3) is 5.91 Å². The van der Waals surface area contributed by atoms with Crippen LogP contribution in [0.3, 0.4) is 0 Å². The molecule has 0 aromatic heterocycles. The van der Waals surface area contributed by atoms with Gasteiger partial charge in [-0.2, -0.15) is 0 Å². The maximum absolute atomic E-state index is 13.8. The number of urea groups is 1. The van der Waals surface area contributed by atoms with Crippen LogP contribution in [0.15, 0.2) is 18.2 Å². The topological polar surface area (TPSA) is 79.0 Å². The Hall–Kier alpha value is -2.64. The van der Waals surface area contributed by atoms with E-state index < -0.39 is 23.3 Å². The molecule has 0 unspecified atom stereocenters. The predicted molar refractivity (Wildman–Crippen MR) is 102 cm³/mol. The molecule has 1 saturated heterocycles. The lowest BCUT2D eigenvalue weighted by Crippen LogP contribution is -2.47. The molecule has 0 radical (unpaired) electrons. The minimum atomic E-state index is -0.918. The lowest BCUT2D eigenvalue weighted by Gasteiger charge is -2.26. The summed E-state index contributed by atoms with van der Waals surface area (Å²) in [7, 11) is 2.93. The Morgan fingerprint density at radius 1 is 1.25 bits per heavy atom. The first kappa shape index (κ1) is 21.7. The Labute approximate surface area is 164 Å². The number of methoxy groups -OCH3 is 1. The van der Waals surface area contributed by atoms with E-state index in [0.29, 0.717) is 18.4 Å². The average molecular weight is 393 g/mol. The highest BCUT2D eigenvalue weighted by atomic mass is 19.1. The summed E-state index contributed by atoms with van der Waals surface area (Å²) in [4.78, 5) is 40.1. The van der Waals surface area contributed by atoms with E-state index in [4.69, 9.17) is 4.74 Å². The first-order chi connectivity index (χ1) is 13.3. The molecule has 0 aliphatic carbocycles. The molecular weight excluding hydrogens is 365 g/mol. The molecular formula is C20H28FN3O4. The van der Waals surface area contributed by atoms with Crippen molar-refractivity contribution in [1.29, 1.82) is 0 Å². The lowest BCUT2D eigenvalue weighted by molar-refractivity contribution is -0.138. The summed E-state index contributed by atoms with van der Waals surface area (Å²) in [6.45, 7) is 3.71. The maximum Gasteiger partial charge on any atom is 0.325 e. The van der Waals surface area contributed by atoms with Crippen LogP contribution in [0.1, 0.15) is 45.1 Å². The Morgan fingerprint density at radius 3 is 2.43 bits per heavy atom. The van der Waals surface area contributed by atoms with Gasteiger partial charge in [-0.05, 0) is 30.5 Å². The van der Waals surface area contributed by atoms with Crippen molar-refractivity contribution in [3.8, 4) is 5.75 Å². The Morgan fingerprint density at radius 2 is 1.89 bits per heavy atom. The number of nitrogens with zero attached hydrogens (tertiary/aromatic N) is 2. The van der Waals surface area contributed by atoms with Gasteiger partial charge >= 0.3 is 6.03 Å². The van der Waals surface area contributed by atoms with Crippen LogP contribution in [-0.4, -0.2) is 53.9 Å². The number of carbonyl (C=O) groups is 3. The van der Waals surface area contributed by atoms with Crippen LogP contribution in [0.2, 0.25) is 0 Å². The molecule has 8 heteroatoms. The molecule has 2 rings (SSSR count). The number of hydrogen-bond acceptors (Lipinski definition) is 4. The number of likely N-dealkylation sites (N-methyl/N-ethyl adjacent to an activating group) is 1. The smallest absolute Gasteiger partial charge is 0.325 e. The summed E-state index contributed by atoms with van der Waals surface area (Å²) in [5.41, 5.74) is -0.337. The Bertz CT molecular complexity index is 747. The highest BCUT2D eigenvalue weighted by Gasteiger charge is 2.50. The van der Waals surface area contributed by atoms with Crippen LogP contribution < -0.4 is 10.1 Å². The zero-order valence-electron chi connectivity index (χ0n) is 16.9. The highest BCUT2D eigenvalue weighted by Crippen LogP contribution is 2.28. The minimum absolute atomic E-state index is 0.125. The van der Waals surface area contributed by atoms with Gasteiger partial charge in [0.05, 0.1) is 7.11 Å². The molecule has 7 nitrogen and oxygen atoms in total. The molecule has 1 aromatic carbocycles. The molecule has 28 heavy (non-hydrogen) atoms. The van der Waals surface area contributed by atoms with E-state index in [-0.39, 0.29) is 24.7 Å². The van der Waals surface area contributed by atoms with Crippen LogP contribution in [0.25, 0.3) is 0 Å². The van der Waals surface area contributed by atoms with Gasteiger partial charge in [-0.3, -0.25) is 14.5 Å². The number of amides is 4.